The molecule has 0 saturated carbocycles. The second kappa shape index (κ2) is 30.0. The minimum absolute atomic E-state index is 0.218. The number of hydrogen-bond donors (Lipinski definition) is 6. The summed E-state index contributed by atoms with van der Waals surface area (Å²) >= 11 is 0. The third-order valence-electron chi connectivity index (χ3n) is 8.60. The van der Waals surface area contributed by atoms with Gasteiger partial charge in [-0.2, -0.15) is 0 Å². The van der Waals surface area contributed by atoms with E-state index in [0.29, 0.717) is 6.42 Å². The van der Waals surface area contributed by atoms with E-state index in [2.05, 4.69) is 55.6 Å². The quantitative estimate of drug-likeness (QED) is 0.0397. The summed E-state index contributed by atoms with van der Waals surface area (Å²) in [6, 6.07) is -0.839. The number of carbonyl (C=O) groups is 1. The first kappa shape index (κ1) is 44.2. The highest BCUT2D eigenvalue weighted by atomic mass is 16.7. The van der Waals surface area contributed by atoms with Gasteiger partial charge in [-0.05, 0) is 64.2 Å². The average molecular weight is 680 g/mol. The van der Waals surface area contributed by atoms with Crippen molar-refractivity contribution in [2.24, 2.45) is 0 Å². The van der Waals surface area contributed by atoms with Crippen LogP contribution in [0.4, 0.5) is 0 Å². The van der Waals surface area contributed by atoms with E-state index in [9.17, 15) is 30.3 Å². The highest BCUT2D eigenvalue weighted by Gasteiger charge is 2.44. The minimum atomic E-state index is -1.58. The van der Waals surface area contributed by atoms with Gasteiger partial charge in [0.05, 0.1) is 25.4 Å². The fraction of sp³-hybridized carbons (Fsp3) is 0.769. The highest BCUT2D eigenvalue weighted by molar-refractivity contribution is 5.76. The Morgan fingerprint density at radius 1 is 0.688 bits per heavy atom. The van der Waals surface area contributed by atoms with E-state index in [1.165, 1.54) is 64.2 Å². The summed E-state index contributed by atoms with van der Waals surface area (Å²) in [5.41, 5.74) is 0. The zero-order chi connectivity index (χ0) is 35.2. The van der Waals surface area contributed by atoms with Crippen molar-refractivity contribution in [3.63, 3.8) is 0 Å². The molecule has 0 aromatic heterocycles. The zero-order valence-corrected chi connectivity index (χ0v) is 30.0. The molecule has 0 spiro atoms. The van der Waals surface area contributed by atoms with Crippen LogP contribution in [0.1, 0.15) is 136 Å². The van der Waals surface area contributed by atoms with Gasteiger partial charge < -0.3 is 40.3 Å². The van der Waals surface area contributed by atoms with E-state index in [4.69, 9.17) is 9.47 Å². The molecule has 9 nitrogen and oxygen atoms in total. The molecule has 7 unspecified atom stereocenters. The van der Waals surface area contributed by atoms with Crippen LogP contribution in [0.5, 0.6) is 0 Å². The number of rotatable bonds is 29. The lowest BCUT2D eigenvalue weighted by Gasteiger charge is -2.40. The van der Waals surface area contributed by atoms with Gasteiger partial charge in [-0.1, -0.05) is 114 Å². The van der Waals surface area contributed by atoms with Crippen molar-refractivity contribution in [3.8, 4) is 0 Å². The summed E-state index contributed by atoms with van der Waals surface area (Å²) in [4.78, 5) is 12.8. The van der Waals surface area contributed by atoms with E-state index >= 15 is 0 Å². The van der Waals surface area contributed by atoms with E-state index in [0.717, 1.165) is 44.9 Å². The molecule has 9 heteroatoms. The summed E-state index contributed by atoms with van der Waals surface area (Å²) in [6.07, 6.45) is 28.8. The molecule has 6 N–H and O–H groups in total. The predicted octanol–water partition coefficient (Wildman–Crippen LogP) is 6.33. The van der Waals surface area contributed by atoms with Gasteiger partial charge in [-0.3, -0.25) is 4.79 Å². The third-order valence-corrected chi connectivity index (χ3v) is 8.60. The van der Waals surface area contributed by atoms with E-state index in [1.807, 2.05) is 6.08 Å². The average Bonchev–Trinajstić information content (AvgIpc) is 3.08. The number of nitrogens with one attached hydrogen (secondary N) is 1. The molecule has 0 radical (unpaired) electrons. The lowest BCUT2D eigenvalue weighted by atomic mass is 9.99. The Hall–Kier alpha value is -1.85. The molecule has 48 heavy (non-hydrogen) atoms. The third kappa shape index (κ3) is 21.3. The Labute approximate surface area is 291 Å². The Morgan fingerprint density at radius 2 is 1.19 bits per heavy atom. The van der Waals surface area contributed by atoms with Crippen LogP contribution in [-0.2, 0) is 14.3 Å². The standard InChI is InChI=1S/C39H69NO8/c1-3-5-7-9-11-13-14-15-16-17-18-19-21-22-24-26-28-33(42)32(31-47-39-38(46)37(45)36(44)34(30-41)48-39)40-35(43)29-27-25-23-20-12-10-8-6-4-2/h15-16,19-21,23,26,28,32-34,36-39,41-42,44-46H,3-14,17-18,22,24-25,27,29-31H2,1-2H3,(H,40,43)/b16-15+,21-19+,23-20-,28-26+. The normalized spacial score (nSPS) is 23.2. The van der Waals surface area contributed by atoms with Crippen molar-refractivity contribution >= 4 is 5.91 Å². The van der Waals surface area contributed by atoms with Crippen molar-refractivity contribution in [3.05, 3.63) is 48.6 Å². The number of ether oxygens (including phenoxy) is 2. The van der Waals surface area contributed by atoms with Gasteiger partial charge >= 0.3 is 0 Å². The van der Waals surface area contributed by atoms with Crippen molar-refractivity contribution < 1.29 is 39.8 Å². The van der Waals surface area contributed by atoms with Crippen LogP contribution < -0.4 is 5.32 Å². The molecule has 278 valence electrons. The number of hydrogen-bond acceptors (Lipinski definition) is 8. The van der Waals surface area contributed by atoms with E-state index < -0.39 is 49.5 Å². The van der Waals surface area contributed by atoms with Gasteiger partial charge in [0, 0.05) is 6.42 Å². The summed E-state index contributed by atoms with van der Waals surface area (Å²) in [7, 11) is 0. The van der Waals surface area contributed by atoms with Crippen molar-refractivity contribution in [1.29, 1.82) is 0 Å². The lowest BCUT2D eigenvalue weighted by molar-refractivity contribution is -0.302. The number of unbranched alkanes of at least 4 members (excludes halogenated alkanes) is 13. The molecule has 0 bridgehead atoms. The number of aliphatic hydroxyl groups excluding tert-OH is 5. The van der Waals surface area contributed by atoms with Crippen LogP contribution in [0, 0.1) is 0 Å². The van der Waals surface area contributed by atoms with Crippen LogP contribution in [0.15, 0.2) is 48.6 Å². The second-order valence-electron chi connectivity index (χ2n) is 13.0. The maximum Gasteiger partial charge on any atom is 0.220 e. The summed E-state index contributed by atoms with van der Waals surface area (Å²) in [5.74, 6) is -0.231. The first-order valence-corrected chi connectivity index (χ1v) is 18.9. The highest BCUT2D eigenvalue weighted by Crippen LogP contribution is 2.22. The number of aliphatic hydroxyl groups is 5. The lowest BCUT2D eigenvalue weighted by Crippen LogP contribution is -2.60. The summed E-state index contributed by atoms with van der Waals surface area (Å²) in [6.45, 7) is 3.64. The van der Waals surface area contributed by atoms with Crippen molar-refractivity contribution in [1.82, 2.24) is 5.32 Å². The van der Waals surface area contributed by atoms with Crippen LogP contribution >= 0.6 is 0 Å². The minimum Gasteiger partial charge on any atom is -0.394 e. The Balaban J connectivity index is 2.52. The van der Waals surface area contributed by atoms with E-state index in [-0.39, 0.29) is 18.9 Å². The van der Waals surface area contributed by atoms with Crippen LogP contribution in [0.2, 0.25) is 0 Å². The molecule has 1 fully saturated rings. The second-order valence-corrected chi connectivity index (χ2v) is 13.0. The maximum absolute atomic E-state index is 12.8. The molecule has 0 aromatic carbocycles. The monoisotopic (exact) mass is 680 g/mol. The van der Waals surface area contributed by atoms with Gasteiger partial charge in [0.25, 0.3) is 0 Å². The summed E-state index contributed by atoms with van der Waals surface area (Å²) < 4.78 is 11.1. The van der Waals surface area contributed by atoms with Gasteiger partial charge in [0.15, 0.2) is 6.29 Å². The number of allylic oxidation sites excluding steroid dienone is 7. The number of carbonyl (C=O) groups excluding carboxylic acids is 1. The molecule has 1 aliphatic heterocycles. The Bertz CT molecular complexity index is 889. The largest absolute Gasteiger partial charge is 0.394 e. The van der Waals surface area contributed by atoms with Crippen molar-refractivity contribution in [2.75, 3.05) is 13.2 Å². The topological polar surface area (TPSA) is 149 Å². The molecule has 1 aliphatic rings. The fourth-order valence-electron chi connectivity index (χ4n) is 5.48. The summed E-state index contributed by atoms with van der Waals surface area (Å²) in [5, 5.41) is 53.7. The fourth-order valence-corrected chi connectivity index (χ4v) is 5.48. The number of amides is 1. The van der Waals surface area contributed by atoms with Crippen molar-refractivity contribution in [2.45, 2.75) is 179 Å². The predicted molar refractivity (Wildman–Crippen MR) is 193 cm³/mol. The van der Waals surface area contributed by atoms with Gasteiger partial charge in [-0.25, -0.2) is 0 Å². The SMILES string of the molecule is CCCCCC/C=C\CCCC(=O)NC(COC1OC(CO)C(O)C(O)C1O)C(O)/C=C/CC/C=C/CC/C=C/CCCCCCCC. The van der Waals surface area contributed by atoms with E-state index in [1.54, 1.807) is 6.08 Å². The van der Waals surface area contributed by atoms with Crippen LogP contribution in [-0.4, -0.2) is 87.5 Å². The van der Waals surface area contributed by atoms with Gasteiger partial charge in [0.1, 0.15) is 24.4 Å². The van der Waals surface area contributed by atoms with Crippen LogP contribution in [0.25, 0.3) is 0 Å². The van der Waals surface area contributed by atoms with Crippen LogP contribution in [0.3, 0.4) is 0 Å². The molecule has 7 atom stereocenters. The molecule has 1 saturated heterocycles. The molecule has 1 amide bonds. The first-order chi connectivity index (χ1) is 23.3. The molecular formula is C39H69NO8. The molecule has 0 aliphatic carbocycles. The zero-order valence-electron chi connectivity index (χ0n) is 30.0. The Morgan fingerprint density at radius 3 is 1.77 bits per heavy atom. The Kier molecular flexibility index (Phi) is 27.6. The first-order valence-electron chi connectivity index (χ1n) is 18.9. The molecule has 1 heterocycles. The molecule has 0 aromatic rings. The van der Waals surface area contributed by atoms with Gasteiger partial charge in [-0.15, -0.1) is 0 Å². The molecular weight excluding hydrogens is 610 g/mol. The smallest absolute Gasteiger partial charge is 0.220 e. The van der Waals surface area contributed by atoms with Gasteiger partial charge in [0.2, 0.25) is 5.91 Å². The maximum atomic E-state index is 12.8. The molecule has 1 rings (SSSR count).